The summed E-state index contributed by atoms with van der Waals surface area (Å²) in [6, 6.07) is 12.8. The van der Waals surface area contributed by atoms with Crippen molar-refractivity contribution in [3.63, 3.8) is 0 Å². The van der Waals surface area contributed by atoms with Crippen LogP contribution in [0.5, 0.6) is 0 Å². The van der Waals surface area contributed by atoms with E-state index >= 15 is 0 Å². The number of aromatic nitrogens is 1. The van der Waals surface area contributed by atoms with Crippen molar-refractivity contribution < 1.29 is 21.6 Å². The summed E-state index contributed by atoms with van der Waals surface area (Å²) in [5.74, 6) is 0. The van der Waals surface area contributed by atoms with Gasteiger partial charge in [-0.05, 0) is 30.3 Å². The number of sulfonamides is 1. The molecule has 0 bridgehead atoms. The van der Waals surface area contributed by atoms with E-state index in [0.717, 1.165) is 22.7 Å². The van der Waals surface area contributed by atoms with E-state index < -0.39 is 21.8 Å². The van der Waals surface area contributed by atoms with Crippen LogP contribution in [0.2, 0.25) is 0 Å². The summed E-state index contributed by atoms with van der Waals surface area (Å²) < 4.78 is 63.7. The molecule has 10 heteroatoms. The van der Waals surface area contributed by atoms with Crippen molar-refractivity contribution in [2.24, 2.45) is 0 Å². The summed E-state index contributed by atoms with van der Waals surface area (Å²) in [6.45, 7) is -0.0646. The van der Waals surface area contributed by atoms with E-state index in [4.69, 9.17) is 5.26 Å². The summed E-state index contributed by atoms with van der Waals surface area (Å²) in [5.41, 5.74) is 0.846. The smallest absolute Gasteiger partial charge is 0.264 e. The zero-order chi connectivity index (χ0) is 21.2. The molecule has 1 aromatic heterocycles. The summed E-state index contributed by atoms with van der Waals surface area (Å²) >= 11 is 1.21. The lowest BCUT2D eigenvalue weighted by Gasteiger charge is -2.21. The molecule has 3 aromatic rings. The van der Waals surface area contributed by atoms with Gasteiger partial charge >= 0.3 is 6.18 Å². The van der Waals surface area contributed by atoms with E-state index in [2.05, 4.69) is 4.98 Å². The van der Waals surface area contributed by atoms with Gasteiger partial charge in [0.2, 0.25) is 10.0 Å². The zero-order valence-corrected chi connectivity index (χ0v) is 16.6. The lowest BCUT2D eigenvalue weighted by Crippen LogP contribution is -2.29. The predicted octanol–water partition coefficient (Wildman–Crippen LogP) is 4.67. The third-order valence-electron chi connectivity index (χ3n) is 3.98. The monoisotopic (exact) mass is 437 g/mol. The van der Waals surface area contributed by atoms with Crippen LogP contribution in [0, 0.1) is 11.3 Å². The first-order valence-corrected chi connectivity index (χ1v) is 10.9. The Labute approximate surface area is 169 Å². The Morgan fingerprint density at radius 2 is 1.86 bits per heavy atom. The summed E-state index contributed by atoms with van der Waals surface area (Å²) in [5, 5.41) is 11.2. The van der Waals surface area contributed by atoms with Crippen molar-refractivity contribution >= 4 is 27.0 Å². The summed E-state index contributed by atoms with van der Waals surface area (Å²) in [7, 11) is -3.65. The van der Waals surface area contributed by atoms with Gasteiger partial charge in [0.25, 0.3) is 0 Å². The van der Waals surface area contributed by atoms with Gasteiger partial charge in [-0.3, -0.25) is 4.31 Å². The molecule has 0 amide bonds. The van der Waals surface area contributed by atoms with E-state index in [0.29, 0.717) is 27.5 Å². The quantitative estimate of drug-likeness (QED) is 0.582. The van der Waals surface area contributed by atoms with Crippen molar-refractivity contribution in [1.82, 2.24) is 4.98 Å². The van der Waals surface area contributed by atoms with E-state index in [1.165, 1.54) is 29.5 Å². The van der Waals surface area contributed by atoms with Gasteiger partial charge in [-0.2, -0.15) is 18.4 Å². The Hall–Kier alpha value is -2.90. The second kappa shape index (κ2) is 7.85. The van der Waals surface area contributed by atoms with Gasteiger partial charge in [-0.1, -0.05) is 18.2 Å². The molecule has 0 radical (unpaired) electrons. The fourth-order valence-corrected chi connectivity index (χ4v) is 4.27. The molecule has 0 aliphatic rings. The van der Waals surface area contributed by atoms with Crippen LogP contribution in [-0.4, -0.2) is 19.7 Å². The third-order valence-corrected chi connectivity index (χ3v) is 6.06. The van der Waals surface area contributed by atoms with Crippen LogP contribution in [0.1, 0.15) is 16.8 Å². The lowest BCUT2D eigenvalue weighted by atomic mass is 10.1. The first kappa shape index (κ1) is 20.8. The molecule has 0 atom stereocenters. The van der Waals surface area contributed by atoms with Gasteiger partial charge in [0.05, 0.1) is 41.4 Å². The number of nitrogens with zero attached hydrogens (tertiary/aromatic N) is 3. The van der Waals surface area contributed by atoms with Gasteiger partial charge in [-0.15, -0.1) is 11.3 Å². The molecule has 3 rings (SSSR count). The molecule has 0 saturated carbocycles. The van der Waals surface area contributed by atoms with Gasteiger partial charge in [0, 0.05) is 10.9 Å². The third kappa shape index (κ3) is 4.93. The number of hydrogen-bond acceptors (Lipinski definition) is 5. The number of hydrogen-bond donors (Lipinski definition) is 0. The number of alkyl halides is 3. The van der Waals surface area contributed by atoms with Crippen molar-refractivity contribution in [2.45, 2.75) is 12.7 Å². The highest BCUT2D eigenvalue weighted by atomic mass is 32.2. The standard InChI is InChI=1S/C19H14F3N3O2S2/c1-29(26,27)25(17-4-2-3-13(9-17)10-23)11-16-12-28-18(24-16)14-5-7-15(8-6-14)19(20,21)22/h2-9,12H,11H2,1H3. The SMILES string of the molecule is CS(=O)(=O)N(Cc1csc(-c2ccc(C(F)(F)F)cc2)n1)c1cccc(C#N)c1. The second-order valence-corrected chi connectivity index (χ2v) is 8.92. The number of thiazole rings is 1. The van der Waals surface area contributed by atoms with Crippen molar-refractivity contribution in [2.75, 3.05) is 10.6 Å². The number of benzene rings is 2. The summed E-state index contributed by atoms with van der Waals surface area (Å²) in [6.07, 6.45) is -3.37. The molecule has 0 unspecified atom stereocenters. The van der Waals surface area contributed by atoms with Crippen LogP contribution in [0.15, 0.2) is 53.9 Å². The van der Waals surface area contributed by atoms with Crippen LogP contribution >= 0.6 is 11.3 Å². The van der Waals surface area contributed by atoms with Crippen molar-refractivity contribution in [3.8, 4) is 16.6 Å². The molecule has 29 heavy (non-hydrogen) atoms. The maximum atomic E-state index is 12.7. The van der Waals surface area contributed by atoms with Crippen molar-refractivity contribution in [1.29, 1.82) is 5.26 Å². The number of rotatable bonds is 5. The molecule has 0 aliphatic heterocycles. The Balaban J connectivity index is 1.88. The van der Waals surface area contributed by atoms with Crippen LogP contribution in [0.4, 0.5) is 18.9 Å². The Kier molecular flexibility index (Phi) is 5.64. The Morgan fingerprint density at radius 1 is 1.17 bits per heavy atom. The minimum atomic E-state index is -4.42. The first-order chi connectivity index (χ1) is 13.6. The van der Waals surface area contributed by atoms with E-state index in [1.54, 1.807) is 23.6 Å². The molecule has 0 fully saturated rings. The molecule has 5 nitrogen and oxygen atoms in total. The highest BCUT2D eigenvalue weighted by Crippen LogP contribution is 2.32. The molecular weight excluding hydrogens is 423 g/mol. The molecule has 0 aliphatic carbocycles. The van der Waals surface area contributed by atoms with Gasteiger partial charge in [0.1, 0.15) is 5.01 Å². The topological polar surface area (TPSA) is 74.1 Å². The maximum absolute atomic E-state index is 12.7. The molecule has 0 spiro atoms. The maximum Gasteiger partial charge on any atom is 0.416 e. The van der Waals surface area contributed by atoms with Crippen molar-refractivity contribution in [3.05, 3.63) is 70.7 Å². The molecular formula is C19H14F3N3O2S2. The molecule has 150 valence electrons. The average molecular weight is 437 g/mol. The average Bonchev–Trinajstić information content (AvgIpc) is 3.13. The van der Waals surface area contributed by atoms with Crippen LogP contribution in [-0.2, 0) is 22.7 Å². The van der Waals surface area contributed by atoms with Gasteiger partial charge in [0.15, 0.2) is 0 Å². The fourth-order valence-electron chi connectivity index (χ4n) is 2.59. The minimum Gasteiger partial charge on any atom is -0.264 e. The lowest BCUT2D eigenvalue weighted by molar-refractivity contribution is -0.137. The highest BCUT2D eigenvalue weighted by Gasteiger charge is 2.30. The predicted molar refractivity (Wildman–Crippen MR) is 105 cm³/mol. The Bertz CT molecular complexity index is 1160. The van der Waals surface area contributed by atoms with Gasteiger partial charge < -0.3 is 0 Å². The molecule has 0 N–H and O–H groups in total. The number of halogens is 3. The second-order valence-electron chi connectivity index (χ2n) is 6.15. The normalized spacial score (nSPS) is 11.8. The van der Waals surface area contributed by atoms with Crippen LogP contribution < -0.4 is 4.31 Å². The van der Waals surface area contributed by atoms with Crippen LogP contribution in [0.25, 0.3) is 10.6 Å². The zero-order valence-electron chi connectivity index (χ0n) is 15.0. The fraction of sp³-hybridized carbons (Fsp3) is 0.158. The number of nitriles is 1. The largest absolute Gasteiger partial charge is 0.416 e. The molecule has 2 aromatic carbocycles. The number of anilines is 1. The highest BCUT2D eigenvalue weighted by molar-refractivity contribution is 7.92. The molecule has 1 heterocycles. The Morgan fingerprint density at radius 3 is 2.45 bits per heavy atom. The van der Waals surface area contributed by atoms with E-state index in [1.807, 2.05) is 6.07 Å². The van der Waals surface area contributed by atoms with Gasteiger partial charge in [-0.25, -0.2) is 13.4 Å². The minimum absolute atomic E-state index is 0.0646. The molecule has 0 saturated heterocycles. The summed E-state index contributed by atoms with van der Waals surface area (Å²) in [4.78, 5) is 4.36. The van der Waals surface area contributed by atoms with E-state index in [9.17, 15) is 21.6 Å². The van der Waals surface area contributed by atoms with E-state index in [-0.39, 0.29) is 6.54 Å². The van der Waals surface area contributed by atoms with Crippen LogP contribution in [0.3, 0.4) is 0 Å². The first-order valence-electron chi connectivity index (χ1n) is 8.18.